The predicted octanol–water partition coefficient (Wildman–Crippen LogP) is 3.42. The van der Waals surface area contributed by atoms with Crippen molar-refractivity contribution in [3.05, 3.63) is 59.7 Å². The van der Waals surface area contributed by atoms with E-state index >= 15 is 0 Å². The number of aromatic hydroxyl groups is 1. The van der Waals surface area contributed by atoms with Gasteiger partial charge in [0.05, 0.1) is 6.61 Å². The van der Waals surface area contributed by atoms with Crippen molar-refractivity contribution in [2.75, 3.05) is 19.7 Å². The van der Waals surface area contributed by atoms with Crippen LogP contribution in [0.15, 0.2) is 48.5 Å². The molecule has 1 fully saturated rings. The van der Waals surface area contributed by atoms with E-state index in [0.717, 1.165) is 37.6 Å². The molecule has 0 amide bonds. The van der Waals surface area contributed by atoms with Crippen molar-refractivity contribution in [3.63, 3.8) is 0 Å². The summed E-state index contributed by atoms with van der Waals surface area (Å²) in [5.41, 5.74) is 2.35. The van der Waals surface area contributed by atoms with Crippen molar-refractivity contribution in [3.8, 4) is 11.5 Å². The highest BCUT2D eigenvalue weighted by atomic mass is 35.5. The van der Waals surface area contributed by atoms with Gasteiger partial charge in [0.2, 0.25) is 0 Å². The maximum atomic E-state index is 10.2. The number of benzene rings is 2. The molecule has 116 valence electrons. The van der Waals surface area contributed by atoms with Crippen molar-refractivity contribution in [2.45, 2.75) is 12.5 Å². The average molecular weight is 318 g/mol. The molecule has 2 heterocycles. The molecule has 2 aliphatic rings. The van der Waals surface area contributed by atoms with Gasteiger partial charge in [-0.15, -0.1) is 12.4 Å². The SMILES string of the molecule is Cl.Oc1cccc2c1[C@H]1CN(Cc3ccccc3)C[C@H]1CO2. The summed E-state index contributed by atoms with van der Waals surface area (Å²) in [6, 6.07) is 16.1. The number of fused-ring (bicyclic) bond motifs is 3. The van der Waals surface area contributed by atoms with Crippen LogP contribution in [0.4, 0.5) is 0 Å². The Balaban J connectivity index is 0.00000144. The lowest BCUT2D eigenvalue weighted by Crippen LogP contribution is -2.25. The lowest BCUT2D eigenvalue weighted by Gasteiger charge is -2.28. The molecule has 0 radical (unpaired) electrons. The van der Waals surface area contributed by atoms with Gasteiger partial charge in [0, 0.05) is 37.0 Å². The second-order valence-electron chi connectivity index (χ2n) is 6.05. The number of nitrogens with zero attached hydrogens (tertiary/aromatic N) is 1. The van der Waals surface area contributed by atoms with Crippen LogP contribution in [0.5, 0.6) is 11.5 Å². The Labute approximate surface area is 136 Å². The molecule has 0 unspecified atom stereocenters. The van der Waals surface area contributed by atoms with Crippen LogP contribution in [-0.4, -0.2) is 29.7 Å². The summed E-state index contributed by atoms with van der Waals surface area (Å²) in [6.07, 6.45) is 0. The van der Waals surface area contributed by atoms with E-state index in [2.05, 4.69) is 35.2 Å². The van der Waals surface area contributed by atoms with Gasteiger partial charge in [-0.25, -0.2) is 0 Å². The van der Waals surface area contributed by atoms with Crippen molar-refractivity contribution >= 4 is 12.4 Å². The minimum absolute atomic E-state index is 0. The number of rotatable bonds is 2. The van der Waals surface area contributed by atoms with Gasteiger partial charge in [-0.2, -0.15) is 0 Å². The largest absolute Gasteiger partial charge is 0.508 e. The lowest BCUT2D eigenvalue weighted by atomic mass is 9.86. The Kier molecular flexibility index (Phi) is 4.27. The molecular formula is C18H20ClNO2. The normalized spacial score (nSPS) is 23.1. The van der Waals surface area contributed by atoms with Gasteiger partial charge < -0.3 is 9.84 Å². The molecule has 4 heteroatoms. The van der Waals surface area contributed by atoms with Crippen molar-refractivity contribution in [1.82, 2.24) is 4.90 Å². The Morgan fingerprint density at radius 3 is 2.68 bits per heavy atom. The van der Waals surface area contributed by atoms with Crippen LogP contribution in [0.2, 0.25) is 0 Å². The van der Waals surface area contributed by atoms with Crippen molar-refractivity contribution in [1.29, 1.82) is 0 Å². The topological polar surface area (TPSA) is 32.7 Å². The molecule has 2 aromatic rings. The minimum atomic E-state index is 0. The molecule has 0 saturated carbocycles. The molecule has 2 atom stereocenters. The number of ether oxygens (including phenoxy) is 1. The first-order valence-corrected chi connectivity index (χ1v) is 7.52. The van der Waals surface area contributed by atoms with Gasteiger partial charge in [0.25, 0.3) is 0 Å². The number of hydrogen-bond donors (Lipinski definition) is 1. The zero-order valence-electron chi connectivity index (χ0n) is 12.3. The Hall–Kier alpha value is -1.71. The quantitative estimate of drug-likeness (QED) is 0.921. The third-order valence-electron chi connectivity index (χ3n) is 4.63. The fraction of sp³-hybridized carbons (Fsp3) is 0.333. The standard InChI is InChI=1S/C18H19NO2.ClH/c20-16-7-4-8-17-18(16)15-11-19(10-14(15)12-21-17)9-13-5-2-1-3-6-13;/h1-8,14-15,20H,9-12H2;1H/t14-,15-;/m0./s1. The van der Waals surface area contributed by atoms with Gasteiger partial charge in [0.15, 0.2) is 0 Å². The maximum Gasteiger partial charge on any atom is 0.126 e. The highest BCUT2D eigenvalue weighted by Gasteiger charge is 2.40. The fourth-order valence-electron chi connectivity index (χ4n) is 3.66. The van der Waals surface area contributed by atoms with Gasteiger partial charge in [0.1, 0.15) is 11.5 Å². The number of phenolic OH excluding ortho intramolecular Hbond substituents is 1. The molecule has 3 nitrogen and oxygen atoms in total. The first kappa shape index (κ1) is 15.2. The van der Waals surface area contributed by atoms with E-state index in [0.29, 0.717) is 17.6 Å². The third-order valence-corrected chi connectivity index (χ3v) is 4.63. The minimum Gasteiger partial charge on any atom is -0.508 e. The van der Waals surface area contributed by atoms with Gasteiger partial charge in [-0.3, -0.25) is 4.90 Å². The van der Waals surface area contributed by atoms with E-state index in [4.69, 9.17) is 4.74 Å². The van der Waals surface area contributed by atoms with Gasteiger partial charge in [-0.05, 0) is 17.7 Å². The molecule has 2 aliphatic heterocycles. The van der Waals surface area contributed by atoms with Crippen LogP contribution in [0, 0.1) is 5.92 Å². The first-order valence-electron chi connectivity index (χ1n) is 7.52. The van der Waals surface area contributed by atoms with E-state index in [9.17, 15) is 5.11 Å². The Morgan fingerprint density at radius 2 is 1.86 bits per heavy atom. The van der Waals surface area contributed by atoms with E-state index in [1.54, 1.807) is 6.07 Å². The molecule has 2 aromatic carbocycles. The van der Waals surface area contributed by atoms with Crippen LogP contribution in [0.1, 0.15) is 17.0 Å². The van der Waals surface area contributed by atoms with E-state index < -0.39 is 0 Å². The molecular weight excluding hydrogens is 298 g/mol. The average Bonchev–Trinajstić information content (AvgIpc) is 2.90. The lowest BCUT2D eigenvalue weighted by molar-refractivity contribution is 0.209. The molecule has 4 rings (SSSR count). The molecule has 1 saturated heterocycles. The smallest absolute Gasteiger partial charge is 0.126 e. The second-order valence-corrected chi connectivity index (χ2v) is 6.05. The summed E-state index contributed by atoms with van der Waals surface area (Å²) in [7, 11) is 0. The summed E-state index contributed by atoms with van der Waals surface area (Å²) in [5.74, 6) is 2.11. The van der Waals surface area contributed by atoms with Crippen molar-refractivity contribution < 1.29 is 9.84 Å². The zero-order chi connectivity index (χ0) is 14.2. The third kappa shape index (κ3) is 2.67. The van der Waals surface area contributed by atoms with E-state index in [1.807, 2.05) is 12.1 Å². The summed E-state index contributed by atoms with van der Waals surface area (Å²) in [6.45, 7) is 3.75. The fourth-order valence-corrected chi connectivity index (χ4v) is 3.66. The summed E-state index contributed by atoms with van der Waals surface area (Å²) in [4.78, 5) is 2.47. The van der Waals surface area contributed by atoms with Crippen LogP contribution < -0.4 is 4.74 Å². The second kappa shape index (κ2) is 6.19. The summed E-state index contributed by atoms with van der Waals surface area (Å²) >= 11 is 0. The summed E-state index contributed by atoms with van der Waals surface area (Å²) < 4.78 is 5.83. The highest BCUT2D eigenvalue weighted by molar-refractivity contribution is 5.85. The Morgan fingerprint density at radius 1 is 1.05 bits per heavy atom. The number of hydrogen-bond acceptors (Lipinski definition) is 3. The monoisotopic (exact) mass is 317 g/mol. The summed E-state index contributed by atoms with van der Waals surface area (Å²) in [5, 5.41) is 10.2. The van der Waals surface area contributed by atoms with Gasteiger partial charge >= 0.3 is 0 Å². The van der Waals surface area contributed by atoms with Crippen LogP contribution in [0.25, 0.3) is 0 Å². The molecule has 0 bridgehead atoms. The Bertz CT molecular complexity index is 647. The van der Waals surface area contributed by atoms with Gasteiger partial charge in [-0.1, -0.05) is 36.4 Å². The zero-order valence-corrected chi connectivity index (χ0v) is 13.1. The molecule has 0 aliphatic carbocycles. The highest BCUT2D eigenvalue weighted by Crippen LogP contribution is 2.45. The number of halogens is 1. The van der Waals surface area contributed by atoms with Crippen LogP contribution in [-0.2, 0) is 6.54 Å². The molecule has 1 N–H and O–H groups in total. The van der Waals surface area contributed by atoms with Crippen LogP contribution >= 0.6 is 12.4 Å². The first-order chi connectivity index (χ1) is 10.3. The van der Waals surface area contributed by atoms with E-state index in [-0.39, 0.29) is 12.4 Å². The van der Waals surface area contributed by atoms with Crippen LogP contribution in [0.3, 0.4) is 0 Å². The molecule has 0 spiro atoms. The maximum absolute atomic E-state index is 10.2. The van der Waals surface area contributed by atoms with Crippen molar-refractivity contribution in [2.24, 2.45) is 5.92 Å². The molecule has 0 aromatic heterocycles. The number of likely N-dealkylation sites (tertiary alicyclic amines) is 1. The molecule has 22 heavy (non-hydrogen) atoms. The predicted molar refractivity (Wildman–Crippen MR) is 88.8 cm³/mol. The van der Waals surface area contributed by atoms with E-state index in [1.165, 1.54) is 5.56 Å². The number of phenols is 1.